The van der Waals surface area contributed by atoms with Gasteiger partial charge in [-0.3, -0.25) is 0 Å². The van der Waals surface area contributed by atoms with Crippen molar-refractivity contribution in [1.82, 2.24) is 10.6 Å². The summed E-state index contributed by atoms with van der Waals surface area (Å²) < 4.78 is 0. The molecule has 1 rings (SSSR count). The molecule has 0 saturated heterocycles. The second kappa shape index (κ2) is 5.72. The topological polar surface area (TPSA) is 24.1 Å². The van der Waals surface area contributed by atoms with Crippen molar-refractivity contribution in [3.63, 3.8) is 0 Å². The van der Waals surface area contributed by atoms with Gasteiger partial charge in [0.15, 0.2) is 0 Å². The Morgan fingerprint density at radius 3 is 2.21 bits per heavy atom. The van der Waals surface area contributed by atoms with Crippen LogP contribution >= 0.6 is 0 Å². The van der Waals surface area contributed by atoms with E-state index in [0.717, 1.165) is 25.6 Å². The smallest absolute Gasteiger partial charge is 0.00769 e. The molecule has 0 radical (unpaired) electrons. The van der Waals surface area contributed by atoms with Crippen LogP contribution in [0.2, 0.25) is 0 Å². The highest BCUT2D eigenvalue weighted by molar-refractivity contribution is 4.96. The number of hydrogen-bond acceptors (Lipinski definition) is 2. The molecule has 0 bridgehead atoms. The van der Waals surface area contributed by atoms with E-state index in [9.17, 15) is 0 Å². The van der Waals surface area contributed by atoms with Gasteiger partial charge in [-0.15, -0.1) is 0 Å². The lowest BCUT2D eigenvalue weighted by molar-refractivity contribution is 0.338. The Kier molecular flexibility index (Phi) is 4.90. The van der Waals surface area contributed by atoms with Crippen LogP contribution in [0.4, 0.5) is 0 Å². The van der Waals surface area contributed by atoms with Gasteiger partial charge in [0.2, 0.25) is 0 Å². The minimum absolute atomic E-state index is 0.657. The Morgan fingerprint density at radius 1 is 1.07 bits per heavy atom. The first-order valence-electron chi connectivity index (χ1n) is 6.13. The van der Waals surface area contributed by atoms with Crippen molar-refractivity contribution in [3.05, 3.63) is 0 Å². The molecule has 2 heteroatoms. The van der Waals surface area contributed by atoms with Crippen LogP contribution in [-0.2, 0) is 0 Å². The number of hydrogen-bond donors (Lipinski definition) is 2. The van der Waals surface area contributed by atoms with Crippen LogP contribution in [0, 0.1) is 11.3 Å². The highest BCUT2D eigenvalue weighted by Crippen LogP contribution is 2.51. The summed E-state index contributed by atoms with van der Waals surface area (Å²) in [5.74, 6) is 0.846. The molecule has 84 valence electrons. The fourth-order valence-electron chi connectivity index (χ4n) is 1.93. The fraction of sp³-hybridized carbons (Fsp3) is 1.00. The highest BCUT2D eigenvalue weighted by atomic mass is 15.0. The molecular formula is C12H26N2. The molecule has 0 atom stereocenters. The Balaban J connectivity index is 1.94. The van der Waals surface area contributed by atoms with E-state index in [2.05, 4.69) is 31.4 Å². The van der Waals surface area contributed by atoms with Gasteiger partial charge in [-0.05, 0) is 37.1 Å². The van der Waals surface area contributed by atoms with Gasteiger partial charge in [-0.2, -0.15) is 0 Å². The fourth-order valence-corrected chi connectivity index (χ4v) is 1.93. The second-order valence-corrected chi connectivity index (χ2v) is 4.94. The van der Waals surface area contributed by atoms with E-state index in [-0.39, 0.29) is 0 Å². The van der Waals surface area contributed by atoms with Crippen molar-refractivity contribution in [1.29, 1.82) is 0 Å². The first kappa shape index (κ1) is 12.0. The van der Waals surface area contributed by atoms with Gasteiger partial charge in [0, 0.05) is 19.6 Å². The Labute approximate surface area is 88.8 Å². The zero-order valence-electron chi connectivity index (χ0n) is 10.0. The first-order chi connectivity index (χ1) is 6.71. The lowest BCUT2D eigenvalue weighted by atomic mass is 9.92. The number of nitrogens with one attached hydrogen (secondary N) is 2. The molecule has 14 heavy (non-hydrogen) atoms. The van der Waals surface area contributed by atoms with Crippen molar-refractivity contribution in [2.45, 2.75) is 40.0 Å². The molecule has 2 nitrogen and oxygen atoms in total. The third-order valence-electron chi connectivity index (χ3n) is 3.50. The van der Waals surface area contributed by atoms with Crippen molar-refractivity contribution in [2.24, 2.45) is 11.3 Å². The molecule has 0 aliphatic heterocycles. The zero-order chi connectivity index (χ0) is 10.4. The molecule has 0 aromatic heterocycles. The van der Waals surface area contributed by atoms with Crippen LogP contribution < -0.4 is 10.6 Å². The summed E-state index contributed by atoms with van der Waals surface area (Å²) in [7, 11) is 0. The van der Waals surface area contributed by atoms with E-state index in [0.29, 0.717) is 5.41 Å². The molecule has 2 N–H and O–H groups in total. The Bertz CT molecular complexity index is 150. The van der Waals surface area contributed by atoms with Gasteiger partial charge >= 0.3 is 0 Å². The second-order valence-electron chi connectivity index (χ2n) is 4.94. The maximum absolute atomic E-state index is 3.57. The molecule has 0 heterocycles. The molecule has 0 amide bonds. The first-order valence-corrected chi connectivity index (χ1v) is 6.13. The summed E-state index contributed by atoms with van der Waals surface area (Å²) in [5, 5.41) is 6.97. The summed E-state index contributed by atoms with van der Waals surface area (Å²) in [6.07, 6.45) is 4.09. The SMILES string of the molecule is CCCNCCNCC1(C(C)C)CC1. The lowest BCUT2D eigenvalue weighted by Gasteiger charge is -2.20. The van der Waals surface area contributed by atoms with Gasteiger partial charge in [-0.1, -0.05) is 20.8 Å². The summed E-state index contributed by atoms with van der Waals surface area (Å²) in [4.78, 5) is 0. The van der Waals surface area contributed by atoms with Crippen LogP contribution in [0.15, 0.2) is 0 Å². The van der Waals surface area contributed by atoms with E-state index < -0.39 is 0 Å². The monoisotopic (exact) mass is 198 g/mol. The molecule has 1 aliphatic carbocycles. The Morgan fingerprint density at radius 2 is 1.71 bits per heavy atom. The minimum atomic E-state index is 0.657. The normalized spacial score (nSPS) is 18.9. The molecule has 0 aromatic rings. The van der Waals surface area contributed by atoms with Gasteiger partial charge in [0.1, 0.15) is 0 Å². The van der Waals surface area contributed by atoms with Crippen molar-refractivity contribution < 1.29 is 0 Å². The zero-order valence-corrected chi connectivity index (χ0v) is 10.0. The molecule has 1 fully saturated rings. The predicted octanol–water partition coefficient (Wildman–Crippen LogP) is 2.01. The van der Waals surface area contributed by atoms with Crippen molar-refractivity contribution in [2.75, 3.05) is 26.2 Å². The average Bonchev–Trinajstić information content (AvgIpc) is 2.92. The maximum Gasteiger partial charge on any atom is 0.00769 e. The summed E-state index contributed by atoms with van der Waals surface area (Å²) in [6.45, 7) is 11.5. The molecule has 0 unspecified atom stereocenters. The highest BCUT2D eigenvalue weighted by Gasteiger charge is 2.44. The van der Waals surface area contributed by atoms with Crippen LogP contribution in [0.5, 0.6) is 0 Å². The van der Waals surface area contributed by atoms with Crippen molar-refractivity contribution in [3.8, 4) is 0 Å². The van der Waals surface area contributed by atoms with E-state index >= 15 is 0 Å². The largest absolute Gasteiger partial charge is 0.315 e. The average molecular weight is 198 g/mol. The van der Waals surface area contributed by atoms with Crippen LogP contribution in [-0.4, -0.2) is 26.2 Å². The van der Waals surface area contributed by atoms with Gasteiger partial charge < -0.3 is 10.6 Å². The lowest BCUT2D eigenvalue weighted by Crippen LogP contribution is -2.33. The van der Waals surface area contributed by atoms with Crippen LogP contribution in [0.25, 0.3) is 0 Å². The van der Waals surface area contributed by atoms with Gasteiger partial charge in [0.05, 0.1) is 0 Å². The minimum Gasteiger partial charge on any atom is -0.315 e. The maximum atomic E-state index is 3.57. The Hall–Kier alpha value is -0.0800. The third kappa shape index (κ3) is 3.58. The predicted molar refractivity (Wildman–Crippen MR) is 62.5 cm³/mol. The van der Waals surface area contributed by atoms with E-state index in [4.69, 9.17) is 0 Å². The van der Waals surface area contributed by atoms with E-state index in [1.807, 2.05) is 0 Å². The molecule has 0 aromatic carbocycles. The van der Waals surface area contributed by atoms with Gasteiger partial charge in [-0.25, -0.2) is 0 Å². The van der Waals surface area contributed by atoms with E-state index in [1.54, 1.807) is 0 Å². The standard InChI is InChI=1S/C12H26N2/c1-4-7-13-8-9-14-10-12(5-6-12)11(2)3/h11,13-14H,4-10H2,1-3H3. The third-order valence-corrected chi connectivity index (χ3v) is 3.50. The summed E-state index contributed by atoms with van der Waals surface area (Å²) in [5.41, 5.74) is 0.657. The summed E-state index contributed by atoms with van der Waals surface area (Å²) in [6, 6.07) is 0. The van der Waals surface area contributed by atoms with Crippen LogP contribution in [0.3, 0.4) is 0 Å². The molecule has 1 aliphatic rings. The molecular weight excluding hydrogens is 172 g/mol. The van der Waals surface area contributed by atoms with Gasteiger partial charge in [0.25, 0.3) is 0 Å². The quantitative estimate of drug-likeness (QED) is 0.583. The molecule has 1 saturated carbocycles. The van der Waals surface area contributed by atoms with Crippen LogP contribution in [0.1, 0.15) is 40.0 Å². The molecule has 0 spiro atoms. The van der Waals surface area contributed by atoms with Crippen molar-refractivity contribution >= 4 is 0 Å². The van der Waals surface area contributed by atoms with E-state index in [1.165, 1.54) is 25.8 Å². The number of rotatable bonds is 8. The summed E-state index contributed by atoms with van der Waals surface area (Å²) >= 11 is 0.